The van der Waals surface area contributed by atoms with Crippen molar-refractivity contribution in [2.45, 2.75) is 75.4 Å². The van der Waals surface area contributed by atoms with E-state index >= 15 is 0 Å². The monoisotopic (exact) mass is 372 g/mol. The summed E-state index contributed by atoms with van der Waals surface area (Å²) in [6.07, 6.45) is 7.10. The number of unbranched alkanes of at least 4 members (excludes halogenated alkanes) is 1. The van der Waals surface area contributed by atoms with Gasteiger partial charge in [0.25, 0.3) is 0 Å². The number of rotatable bonds is 8. The highest BCUT2D eigenvalue weighted by atomic mass is 32.2. The fourth-order valence-electron chi connectivity index (χ4n) is 3.90. The fraction of sp³-hybridized carbons (Fsp3) is 0.619. The molecule has 0 N–H and O–H groups in total. The van der Waals surface area contributed by atoms with E-state index in [-0.39, 0.29) is 0 Å². The Hall–Kier alpha value is -1.33. The molecule has 1 aromatic heterocycles. The van der Waals surface area contributed by atoms with Crippen molar-refractivity contribution in [2.75, 3.05) is 14.1 Å². The molecule has 0 fully saturated rings. The molecule has 26 heavy (non-hydrogen) atoms. The van der Waals surface area contributed by atoms with Gasteiger partial charge in [-0.3, -0.25) is 4.90 Å². The van der Waals surface area contributed by atoms with Crippen LogP contribution in [-0.4, -0.2) is 33.8 Å². The molecule has 2 atom stereocenters. The lowest BCUT2D eigenvalue weighted by atomic mass is 9.91. The number of aryl methyl sites for hydroxylation is 1. The van der Waals surface area contributed by atoms with Gasteiger partial charge in [-0.25, -0.2) is 0 Å². The molecule has 1 aliphatic carbocycles. The highest BCUT2D eigenvalue weighted by Crippen LogP contribution is 2.43. The lowest BCUT2D eigenvalue weighted by Crippen LogP contribution is -2.23. The molecule has 3 rings (SSSR count). The Bertz CT molecular complexity index is 710. The van der Waals surface area contributed by atoms with E-state index in [0.29, 0.717) is 11.3 Å². The zero-order valence-electron chi connectivity index (χ0n) is 16.6. The second-order valence-corrected chi connectivity index (χ2v) is 8.60. The van der Waals surface area contributed by atoms with Gasteiger partial charge in [0, 0.05) is 11.8 Å². The number of hydrogen-bond acceptors (Lipinski definition) is 4. The minimum absolute atomic E-state index is 0.326. The highest BCUT2D eigenvalue weighted by Gasteiger charge is 2.26. The summed E-state index contributed by atoms with van der Waals surface area (Å²) in [5.41, 5.74) is 3.01. The first-order valence-corrected chi connectivity index (χ1v) is 10.9. The first-order chi connectivity index (χ1) is 12.7. The third-order valence-corrected chi connectivity index (χ3v) is 6.64. The van der Waals surface area contributed by atoms with Gasteiger partial charge in [0.05, 0.1) is 6.04 Å². The van der Waals surface area contributed by atoms with E-state index in [1.165, 1.54) is 43.2 Å². The highest BCUT2D eigenvalue weighted by molar-refractivity contribution is 7.99. The van der Waals surface area contributed by atoms with Crippen LogP contribution in [0.4, 0.5) is 0 Å². The molecule has 0 bridgehead atoms. The molecule has 1 heterocycles. The molecule has 5 heteroatoms. The van der Waals surface area contributed by atoms with Gasteiger partial charge < -0.3 is 4.57 Å². The van der Waals surface area contributed by atoms with E-state index in [0.717, 1.165) is 23.9 Å². The zero-order valence-corrected chi connectivity index (χ0v) is 17.4. The van der Waals surface area contributed by atoms with Crippen molar-refractivity contribution in [1.29, 1.82) is 0 Å². The number of aromatic nitrogens is 3. The average molecular weight is 373 g/mol. The maximum absolute atomic E-state index is 4.64. The Kier molecular flexibility index (Phi) is 6.76. The van der Waals surface area contributed by atoms with E-state index < -0.39 is 0 Å². The van der Waals surface area contributed by atoms with E-state index in [2.05, 4.69) is 71.9 Å². The molecule has 1 aliphatic rings. The Labute approximate surface area is 162 Å². The molecule has 0 spiro atoms. The third-order valence-electron chi connectivity index (χ3n) is 5.35. The predicted molar refractivity (Wildman–Crippen MR) is 110 cm³/mol. The largest absolute Gasteiger partial charge is 0.305 e. The second kappa shape index (κ2) is 9.05. The van der Waals surface area contributed by atoms with E-state index in [1.807, 2.05) is 11.8 Å². The smallest absolute Gasteiger partial charge is 0.191 e. The molecule has 142 valence electrons. The van der Waals surface area contributed by atoms with Crippen LogP contribution in [0.1, 0.15) is 74.2 Å². The molecule has 4 nitrogen and oxygen atoms in total. The quantitative estimate of drug-likeness (QED) is 0.633. The standard InChI is InChI=1S/C21H32N4S/c1-5-7-15-25-20(18(6-2)24(3)4)22-23-21(25)26-19-14-10-12-16-11-8-9-13-17(16)19/h8-9,11,13,18-19H,5-7,10,12,14-15H2,1-4H3. The van der Waals surface area contributed by atoms with E-state index in [1.54, 1.807) is 0 Å². The summed E-state index contributed by atoms with van der Waals surface area (Å²) in [7, 11) is 4.27. The second-order valence-electron chi connectivity index (χ2n) is 7.43. The summed E-state index contributed by atoms with van der Waals surface area (Å²) in [5.74, 6) is 1.12. The van der Waals surface area contributed by atoms with Crippen molar-refractivity contribution >= 4 is 11.8 Å². The minimum atomic E-state index is 0.326. The first kappa shape index (κ1) is 19.4. The normalized spacial score (nSPS) is 18.1. The zero-order chi connectivity index (χ0) is 18.5. The Morgan fingerprint density at radius 1 is 1.23 bits per heavy atom. The van der Waals surface area contributed by atoms with Crippen molar-refractivity contribution < 1.29 is 0 Å². The van der Waals surface area contributed by atoms with Crippen LogP contribution in [0.5, 0.6) is 0 Å². The van der Waals surface area contributed by atoms with E-state index in [4.69, 9.17) is 0 Å². The molecule has 1 aromatic carbocycles. The number of hydrogen-bond donors (Lipinski definition) is 0. The third kappa shape index (κ3) is 4.15. The summed E-state index contributed by atoms with van der Waals surface area (Å²) in [5, 5.41) is 10.9. The van der Waals surface area contributed by atoms with Gasteiger partial charge in [0.2, 0.25) is 0 Å². The van der Waals surface area contributed by atoms with Gasteiger partial charge >= 0.3 is 0 Å². The topological polar surface area (TPSA) is 34.0 Å². The minimum Gasteiger partial charge on any atom is -0.305 e. The lowest BCUT2D eigenvalue weighted by molar-refractivity contribution is 0.270. The van der Waals surface area contributed by atoms with Gasteiger partial charge in [-0.2, -0.15) is 0 Å². The fourth-order valence-corrected chi connectivity index (χ4v) is 5.19. The SMILES string of the molecule is CCCCn1c(SC2CCCc3ccccc32)nnc1C(CC)N(C)C. The van der Waals surface area contributed by atoms with Crippen molar-refractivity contribution in [2.24, 2.45) is 0 Å². The molecule has 0 radical (unpaired) electrons. The molecule has 2 unspecified atom stereocenters. The summed E-state index contributed by atoms with van der Waals surface area (Å²) in [4.78, 5) is 2.26. The van der Waals surface area contributed by atoms with E-state index in [9.17, 15) is 0 Å². The molecular weight excluding hydrogens is 340 g/mol. The lowest BCUT2D eigenvalue weighted by Gasteiger charge is -2.26. The van der Waals surface area contributed by atoms with Crippen molar-refractivity contribution in [3.63, 3.8) is 0 Å². The Morgan fingerprint density at radius 3 is 2.77 bits per heavy atom. The first-order valence-electron chi connectivity index (χ1n) is 9.99. The molecule has 0 saturated heterocycles. The molecule has 0 aliphatic heterocycles. The Morgan fingerprint density at radius 2 is 2.04 bits per heavy atom. The maximum Gasteiger partial charge on any atom is 0.191 e. The van der Waals surface area contributed by atoms with Crippen LogP contribution in [0.2, 0.25) is 0 Å². The molecular formula is C21H32N4S. The van der Waals surface area contributed by atoms with Crippen LogP contribution in [0.3, 0.4) is 0 Å². The maximum atomic E-state index is 4.64. The number of benzene rings is 1. The van der Waals surface area contributed by atoms with Gasteiger partial charge in [0.15, 0.2) is 11.0 Å². The van der Waals surface area contributed by atoms with Crippen LogP contribution in [0.25, 0.3) is 0 Å². The van der Waals surface area contributed by atoms with Crippen LogP contribution in [0.15, 0.2) is 29.4 Å². The van der Waals surface area contributed by atoms with Crippen molar-refractivity contribution in [3.05, 3.63) is 41.2 Å². The Balaban J connectivity index is 1.89. The van der Waals surface area contributed by atoms with Crippen LogP contribution >= 0.6 is 11.8 Å². The predicted octanol–water partition coefficient (Wildman–Crippen LogP) is 5.26. The molecule has 0 amide bonds. The van der Waals surface area contributed by atoms with Crippen LogP contribution in [-0.2, 0) is 13.0 Å². The van der Waals surface area contributed by atoms with Gasteiger partial charge in [-0.1, -0.05) is 56.3 Å². The van der Waals surface area contributed by atoms with Crippen LogP contribution in [0, 0.1) is 0 Å². The van der Waals surface area contributed by atoms with Gasteiger partial charge in [0.1, 0.15) is 0 Å². The summed E-state index contributed by atoms with van der Waals surface area (Å²) in [6, 6.07) is 9.25. The summed E-state index contributed by atoms with van der Waals surface area (Å²) >= 11 is 1.92. The number of fused-ring (bicyclic) bond motifs is 1. The average Bonchev–Trinajstić information content (AvgIpc) is 3.03. The van der Waals surface area contributed by atoms with Gasteiger partial charge in [-0.05, 0) is 57.3 Å². The summed E-state index contributed by atoms with van der Waals surface area (Å²) in [6.45, 7) is 5.49. The van der Waals surface area contributed by atoms with Crippen molar-refractivity contribution in [3.8, 4) is 0 Å². The van der Waals surface area contributed by atoms with Gasteiger partial charge in [-0.15, -0.1) is 10.2 Å². The number of thioether (sulfide) groups is 1. The van der Waals surface area contributed by atoms with Crippen molar-refractivity contribution in [1.82, 2.24) is 19.7 Å². The number of nitrogens with zero attached hydrogens (tertiary/aromatic N) is 4. The molecule has 0 saturated carbocycles. The van der Waals surface area contributed by atoms with Crippen LogP contribution < -0.4 is 0 Å². The molecule has 2 aromatic rings. The summed E-state index contributed by atoms with van der Waals surface area (Å²) < 4.78 is 2.39.